The fraction of sp³-hybridized carbons (Fsp3) is 0.346. The molecule has 2 aliphatic heterocycles. The van der Waals surface area contributed by atoms with Crippen LogP contribution in [0.15, 0.2) is 52.9 Å². The van der Waals surface area contributed by atoms with Crippen LogP contribution >= 0.6 is 0 Å². The molecule has 2 aliphatic rings. The van der Waals surface area contributed by atoms with Gasteiger partial charge in [-0.25, -0.2) is 4.39 Å². The predicted molar refractivity (Wildman–Crippen MR) is 126 cm³/mol. The predicted octanol–water partition coefficient (Wildman–Crippen LogP) is 4.06. The second-order valence-electron chi connectivity index (χ2n) is 8.64. The molecule has 1 N–H and O–H groups in total. The Kier molecular flexibility index (Phi) is 6.15. The van der Waals surface area contributed by atoms with Crippen molar-refractivity contribution in [3.63, 3.8) is 0 Å². The van der Waals surface area contributed by atoms with Gasteiger partial charge in [0.25, 0.3) is 5.91 Å². The maximum absolute atomic E-state index is 14.3. The number of fused-ring (bicyclic) bond motifs is 1. The van der Waals surface area contributed by atoms with Gasteiger partial charge < -0.3 is 24.1 Å². The quantitative estimate of drug-likeness (QED) is 0.592. The van der Waals surface area contributed by atoms with Crippen LogP contribution in [-0.4, -0.2) is 50.3 Å². The van der Waals surface area contributed by atoms with Crippen LogP contribution in [0.5, 0.6) is 11.5 Å². The SMILES string of the molecule is Cc1cc(C(=O)NC[C@@H](c2ccc3c(c2)OCO3)N2CCN(c3ccccc3F)CC2)c(C)o1. The number of carbonyl (C=O) groups is 1. The average Bonchev–Trinajstić information content (AvgIpc) is 3.45. The number of anilines is 1. The van der Waals surface area contributed by atoms with Crippen molar-refractivity contribution in [2.75, 3.05) is 44.4 Å². The molecule has 1 saturated heterocycles. The van der Waals surface area contributed by atoms with Gasteiger partial charge in [-0.3, -0.25) is 9.69 Å². The van der Waals surface area contributed by atoms with E-state index in [0.29, 0.717) is 48.2 Å². The van der Waals surface area contributed by atoms with Crippen molar-refractivity contribution in [3.05, 3.63) is 77.0 Å². The van der Waals surface area contributed by atoms with Crippen molar-refractivity contribution in [2.24, 2.45) is 0 Å². The minimum atomic E-state index is -0.207. The number of halogens is 1. The van der Waals surface area contributed by atoms with Crippen molar-refractivity contribution >= 4 is 11.6 Å². The maximum Gasteiger partial charge on any atom is 0.254 e. The second kappa shape index (κ2) is 9.38. The Morgan fingerprint density at radius 2 is 1.79 bits per heavy atom. The molecule has 7 nitrogen and oxygen atoms in total. The number of furan rings is 1. The summed E-state index contributed by atoms with van der Waals surface area (Å²) in [5, 5.41) is 3.08. The molecular weight excluding hydrogens is 437 g/mol. The molecule has 0 aliphatic carbocycles. The standard InChI is InChI=1S/C26H28FN3O4/c1-17-13-20(18(2)34-17)26(31)28-15-23(19-7-8-24-25(14-19)33-16-32-24)30-11-9-29(10-12-30)22-6-4-3-5-21(22)27/h3-8,13-14,23H,9-12,15-16H2,1-2H3,(H,28,31)/t23-/m0/s1. The van der Waals surface area contributed by atoms with Gasteiger partial charge in [-0.05, 0) is 49.7 Å². The Labute approximate surface area is 198 Å². The lowest BCUT2D eigenvalue weighted by molar-refractivity contribution is 0.0928. The van der Waals surface area contributed by atoms with E-state index >= 15 is 0 Å². The van der Waals surface area contributed by atoms with Crippen molar-refractivity contribution in [1.82, 2.24) is 10.2 Å². The zero-order chi connectivity index (χ0) is 23.7. The fourth-order valence-corrected chi connectivity index (χ4v) is 4.70. The lowest BCUT2D eigenvalue weighted by Crippen LogP contribution is -2.50. The topological polar surface area (TPSA) is 67.2 Å². The second-order valence-corrected chi connectivity index (χ2v) is 8.64. The highest BCUT2D eigenvalue weighted by Gasteiger charge is 2.28. The highest BCUT2D eigenvalue weighted by Crippen LogP contribution is 2.36. The van der Waals surface area contributed by atoms with E-state index < -0.39 is 0 Å². The summed E-state index contributed by atoms with van der Waals surface area (Å²) in [4.78, 5) is 17.3. The zero-order valence-electron chi connectivity index (χ0n) is 19.3. The van der Waals surface area contributed by atoms with Gasteiger partial charge in [-0.15, -0.1) is 0 Å². The first kappa shape index (κ1) is 22.3. The fourth-order valence-electron chi connectivity index (χ4n) is 4.70. The number of nitrogens with one attached hydrogen (secondary N) is 1. The molecule has 5 rings (SSSR count). The number of rotatable bonds is 6. The molecule has 1 fully saturated rings. The Balaban J connectivity index is 1.33. The van der Waals surface area contributed by atoms with E-state index in [1.54, 1.807) is 19.1 Å². The summed E-state index contributed by atoms with van der Waals surface area (Å²) in [6, 6.07) is 14.5. The van der Waals surface area contributed by atoms with Gasteiger partial charge in [-0.2, -0.15) is 0 Å². The summed E-state index contributed by atoms with van der Waals surface area (Å²) in [5.41, 5.74) is 2.20. The van der Waals surface area contributed by atoms with Gasteiger partial charge >= 0.3 is 0 Å². The van der Waals surface area contributed by atoms with E-state index in [9.17, 15) is 9.18 Å². The minimum Gasteiger partial charge on any atom is -0.466 e. The van der Waals surface area contributed by atoms with Gasteiger partial charge in [0.15, 0.2) is 11.5 Å². The summed E-state index contributed by atoms with van der Waals surface area (Å²) in [6.07, 6.45) is 0. The Morgan fingerprint density at radius 1 is 1.03 bits per heavy atom. The molecule has 1 aromatic heterocycles. The van der Waals surface area contributed by atoms with Crippen LogP contribution in [0.1, 0.15) is 33.5 Å². The molecule has 1 atom stereocenters. The molecule has 3 heterocycles. The third-order valence-electron chi connectivity index (χ3n) is 6.47. The molecule has 2 aromatic carbocycles. The smallest absolute Gasteiger partial charge is 0.254 e. The average molecular weight is 466 g/mol. The largest absolute Gasteiger partial charge is 0.466 e. The lowest BCUT2D eigenvalue weighted by Gasteiger charge is -2.40. The van der Waals surface area contributed by atoms with Crippen LogP contribution in [0.25, 0.3) is 0 Å². The maximum atomic E-state index is 14.3. The molecule has 1 amide bonds. The molecule has 0 radical (unpaired) electrons. The van der Waals surface area contributed by atoms with E-state index in [-0.39, 0.29) is 24.6 Å². The summed E-state index contributed by atoms with van der Waals surface area (Å²) < 4.78 is 30.9. The Hall–Kier alpha value is -3.52. The lowest BCUT2D eigenvalue weighted by atomic mass is 10.0. The van der Waals surface area contributed by atoms with Crippen molar-refractivity contribution < 1.29 is 23.1 Å². The number of nitrogens with zero attached hydrogens (tertiary/aromatic N) is 2. The summed E-state index contributed by atoms with van der Waals surface area (Å²) >= 11 is 0. The number of carbonyl (C=O) groups excluding carboxylic acids is 1. The number of para-hydroxylation sites is 1. The van der Waals surface area contributed by atoms with E-state index in [1.165, 1.54) is 6.07 Å². The van der Waals surface area contributed by atoms with E-state index in [2.05, 4.69) is 15.1 Å². The molecule has 3 aromatic rings. The van der Waals surface area contributed by atoms with Crippen molar-refractivity contribution in [3.8, 4) is 11.5 Å². The van der Waals surface area contributed by atoms with E-state index in [1.807, 2.05) is 37.3 Å². The summed E-state index contributed by atoms with van der Waals surface area (Å²) in [5.74, 6) is 2.37. The monoisotopic (exact) mass is 465 g/mol. The molecular formula is C26H28FN3O4. The van der Waals surface area contributed by atoms with Crippen molar-refractivity contribution in [2.45, 2.75) is 19.9 Å². The van der Waals surface area contributed by atoms with Crippen LogP contribution in [0, 0.1) is 19.7 Å². The van der Waals surface area contributed by atoms with Gasteiger partial charge in [0.2, 0.25) is 6.79 Å². The minimum absolute atomic E-state index is 0.0745. The first-order chi connectivity index (χ1) is 16.5. The number of ether oxygens (including phenoxy) is 2. The summed E-state index contributed by atoms with van der Waals surface area (Å²) in [6.45, 7) is 7.09. The molecule has 0 spiro atoms. The van der Waals surface area contributed by atoms with Gasteiger partial charge in [-0.1, -0.05) is 18.2 Å². The zero-order valence-corrected chi connectivity index (χ0v) is 19.3. The highest BCUT2D eigenvalue weighted by atomic mass is 19.1. The number of amides is 1. The third kappa shape index (κ3) is 4.46. The highest BCUT2D eigenvalue weighted by molar-refractivity contribution is 5.95. The molecule has 0 unspecified atom stereocenters. The number of piperazine rings is 1. The molecule has 8 heteroatoms. The summed E-state index contributed by atoms with van der Waals surface area (Å²) in [7, 11) is 0. The van der Waals surface area contributed by atoms with Crippen LogP contribution < -0.4 is 19.7 Å². The number of aryl methyl sites for hydroxylation is 2. The Morgan fingerprint density at radius 3 is 2.53 bits per heavy atom. The first-order valence-electron chi connectivity index (χ1n) is 11.5. The molecule has 0 saturated carbocycles. The van der Waals surface area contributed by atoms with Crippen LogP contribution in [0.4, 0.5) is 10.1 Å². The van der Waals surface area contributed by atoms with E-state index in [0.717, 1.165) is 24.4 Å². The van der Waals surface area contributed by atoms with Crippen molar-refractivity contribution in [1.29, 1.82) is 0 Å². The number of benzene rings is 2. The third-order valence-corrected chi connectivity index (χ3v) is 6.47. The number of hydrogen-bond acceptors (Lipinski definition) is 6. The molecule has 34 heavy (non-hydrogen) atoms. The Bertz CT molecular complexity index is 1190. The van der Waals surface area contributed by atoms with Gasteiger partial charge in [0.1, 0.15) is 17.3 Å². The normalized spacial score (nSPS) is 16.5. The van der Waals surface area contributed by atoms with Crippen LogP contribution in [0.2, 0.25) is 0 Å². The van der Waals surface area contributed by atoms with Crippen LogP contribution in [-0.2, 0) is 0 Å². The van der Waals surface area contributed by atoms with E-state index in [4.69, 9.17) is 13.9 Å². The number of hydrogen-bond donors (Lipinski definition) is 1. The molecule has 0 bridgehead atoms. The van der Waals surface area contributed by atoms with Gasteiger partial charge in [0.05, 0.1) is 17.3 Å². The van der Waals surface area contributed by atoms with Gasteiger partial charge in [0, 0.05) is 32.7 Å². The first-order valence-corrected chi connectivity index (χ1v) is 11.5. The van der Waals surface area contributed by atoms with Crippen LogP contribution in [0.3, 0.4) is 0 Å². The molecule has 178 valence electrons.